The lowest BCUT2D eigenvalue weighted by Crippen LogP contribution is -2.37. The number of unbranched alkanes of at least 4 members (excludes halogenated alkanes) is 13. The number of nitrogens with one attached hydrogen (secondary N) is 1. The lowest BCUT2D eigenvalue weighted by molar-refractivity contribution is 0.486. The Morgan fingerprint density at radius 3 is 1.38 bits per heavy atom. The van der Waals surface area contributed by atoms with Crippen LogP contribution >= 0.6 is 0 Å². The molecule has 0 heterocycles. The van der Waals surface area contributed by atoms with Gasteiger partial charge in [0, 0.05) is 0 Å². The molecule has 0 aromatic heterocycles. The highest BCUT2D eigenvalue weighted by Crippen LogP contribution is 2.12. The molecule has 0 bridgehead atoms. The maximum atomic E-state index is 5.82. The molecule has 0 aromatic carbocycles. The van der Waals surface area contributed by atoms with E-state index in [4.69, 9.17) is 5.73 Å². The summed E-state index contributed by atoms with van der Waals surface area (Å²) in [6.07, 6.45) is 21.2. The fraction of sp³-hybridized carbons (Fsp3) is 1.00. The first-order valence-electron chi connectivity index (χ1n) is 9.80. The lowest BCUT2D eigenvalue weighted by Gasteiger charge is -2.10. The van der Waals surface area contributed by atoms with E-state index in [0.717, 1.165) is 13.0 Å². The highest BCUT2D eigenvalue weighted by Gasteiger charge is 1.96. The zero-order chi connectivity index (χ0) is 15.6. The molecule has 2 nitrogen and oxygen atoms in total. The number of hydrogen-bond donors (Lipinski definition) is 2. The maximum absolute atomic E-state index is 5.82. The molecule has 0 saturated carbocycles. The van der Waals surface area contributed by atoms with E-state index in [2.05, 4.69) is 19.2 Å². The van der Waals surface area contributed by atoms with Gasteiger partial charge in [-0.05, 0) is 19.4 Å². The van der Waals surface area contributed by atoms with Crippen LogP contribution in [-0.4, -0.2) is 12.7 Å². The van der Waals surface area contributed by atoms with Crippen molar-refractivity contribution in [3.05, 3.63) is 0 Å². The largest absolute Gasteiger partial charge is 0.316 e. The summed E-state index contributed by atoms with van der Waals surface area (Å²) in [4.78, 5) is 0. The van der Waals surface area contributed by atoms with Crippen LogP contribution in [0.4, 0.5) is 0 Å². The molecule has 0 radical (unpaired) electrons. The van der Waals surface area contributed by atoms with Crippen molar-refractivity contribution in [1.29, 1.82) is 0 Å². The van der Waals surface area contributed by atoms with Crippen molar-refractivity contribution in [1.82, 2.24) is 5.32 Å². The van der Waals surface area contributed by atoms with Crippen LogP contribution < -0.4 is 11.1 Å². The molecule has 128 valence electrons. The average molecular weight is 299 g/mol. The first-order valence-corrected chi connectivity index (χ1v) is 9.80. The van der Waals surface area contributed by atoms with Crippen LogP contribution in [-0.2, 0) is 0 Å². The van der Waals surface area contributed by atoms with E-state index in [1.807, 2.05) is 0 Å². The summed E-state index contributed by atoms with van der Waals surface area (Å²) in [6.45, 7) is 5.51. The zero-order valence-electron chi connectivity index (χ0n) is 15.0. The molecule has 3 N–H and O–H groups in total. The molecule has 0 aliphatic rings. The normalized spacial score (nSPS) is 12.7. The summed E-state index contributed by atoms with van der Waals surface area (Å²) < 4.78 is 0. The molecule has 0 spiro atoms. The fourth-order valence-electron chi connectivity index (χ4n) is 2.75. The zero-order valence-corrected chi connectivity index (χ0v) is 15.0. The molecule has 0 aromatic rings. The van der Waals surface area contributed by atoms with Gasteiger partial charge in [-0.25, -0.2) is 0 Å². The Morgan fingerprint density at radius 1 is 0.619 bits per heavy atom. The third-order valence-electron chi connectivity index (χ3n) is 4.38. The standard InChI is InChI=1S/C19H42N2/c1-3-5-6-7-8-9-10-11-12-13-14-15-16-17-18-21-19(20)4-2/h19,21H,3-18,20H2,1-2H3. The minimum Gasteiger partial charge on any atom is -0.316 e. The second-order valence-corrected chi connectivity index (χ2v) is 6.57. The summed E-state index contributed by atoms with van der Waals surface area (Å²) in [6, 6.07) is 0. The molecular weight excluding hydrogens is 256 g/mol. The number of rotatable bonds is 17. The van der Waals surface area contributed by atoms with E-state index in [1.165, 1.54) is 89.9 Å². The van der Waals surface area contributed by atoms with Crippen molar-refractivity contribution < 1.29 is 0 Å². The Labute approximate surface area is 134 Å². The average Bonchev–Trinajstić information content (AvgIpc) is 2.50. The van der Waals surface area contributed by atoms with E-state index >= 15 is 0 Å². The van der Waals surface area contributed by atoms with Gasteiger partial charge in [-0.2, -0.15) is 0 Å². The van der Waals surface area contributed by atoms with Crippen LogP contribution in [0.15, 0.2) is 0 Å². The summed E-state index contributed by atoms with van der Waals surface area (Å²) in [5, 5.41) is 3.35. The van der Waals surface area contributed by atoms with Crippen molar-refractivity contribution in [2.24, 2.45) is 5.73 Å². The Balaban J connectivity index is 2.96. The predicted molar refractivity (Wildman–Crippen MR) is 96.6 cm³/mol. The van der Waals surface area contributed by atoms with Gasteiger partial charge in [-0.3, -0.25) is 0 Å². The summed E-state index contributed by atoms with van der Waals surface area (Å²) >= 11 is 0. The Hall–Kier alpha value is -0.0800. The van der Waals surface area contributed by atoms with Crippen LogP contribution in [0.25, 0.3) is 0 Å². The summed E-state index contributed by atoms with van der Waals surface area (Å²) in [5.41, 5.74) is 5.82. The molecule has 0 fully saturated rings. The van der Waals surface area contributed by atoms with Gasteiger partial charge in [0.25, 0.3) is 0 Å². The summed E-state index contributed by atoms with van der Waals surface area (Å²) in [5.74, 6) is 0. The number of hydrogen-bond acceptors (Lipinski definition) is 2. The Morgan fingerprint density at radius 2 is 1.00 bits per heavy atom. The molecule has 21 heavy (non-hydrogen) atoms. The third-order valence-corrected chi connectivity index (χ3v) is 4.38. The maximum Gasteiger partial charge on any atom is 0.0543 e. The van der Waals surface area contributed by atoms with Crippen molar-refractivity contribution in [3.8, 4) is 0 Å². The minimum atomic E-state index is 0.201. The van der Waals surface area contributed by atoms with Crippen LogP contribution in [0.5, 0.6) is 0 Å². The molecule has 1 unspecified atom stereocenters. The monoisotopic (exact) mass is 298 g/mol. The second kappa shape index (κ2) is 18.0. The van der Waals surface area contributed by atoms with Crippen LogP contribution in [0.3, 0.4) is 0 Å². The van der Waals surface area contributed by atoms with Gasteiger partial charge in [0.05, 0.1) is 6.17 Å². The van der Waals surface area contributed by atoms with E-state index < -0.39 is 0 Å². The second-order valence-electron chi connectivity index (χ2n) is 6.57. The molecule has 0 aliphatic carbocycles. The van der Waals surface area contributed by atoms with Gasteiger partial charge >= 0.3 is 0 Å². The van der Waals surface area contributed by atoms with Gasteiger partial charge in [0.2, 0.25) is 0 Å². The van der Waals surface area contributed by atoms with Crippen molar-refractivity contribution in [2.75, 3.05) is 6.54 Å². The van der Waals surface area contributed by atoms with Gasteiger partial charge in [0.15, 0.2) is 0 Å². The summed E-state index contributed by atoms with van der Waals surface area (Å²) in [7, 11) is 0. The quantitative estimate of drug-likeness (QED) is 0.265. The molecule has 0 amide bonds. The Kier molecular flexibility index (Phi) is 17.9. The van der Waals surface area contributed by atoms with Crippen LogP contribution in [0.2, 0.25) is 0 Å². The van der Waals surface area contributed by atoms with Gasteiger partial charge in [0.1, 0.15) is 0 Å². The molecule has 0 rings (SSSR count). The van der Waals surface area contributed by atoms with Crippen LogP contribution in [0.1, 0.15) is 110 Å². The van der Waals surface area contributed by atoms with Crippen LogP contribution in [0, 0.1) is 0 Å². The van der Waals surface area contributed by atoms with Gasteiger partial charge in [-0.1, -0.05) is 97.3 Å². The van der Waals surface area contributed by atoms with E-state index in [-0.39, 0.29) is 6.17 Å². The van der Waals surface area contributed by atoms with Crippen molar-refractivity contribution in [3.63, 3.8) is 0 Å². The lowest BCUT2D eigenvalue weighted by atomic mass is 10.0. The topological polar surface area (TPSA) is 38.0 Å². The first kappa shape index (κ1) is 20.9. The molecular formula is C19H42N2. The van der Waals surface area contributed by atoms with E-state index in [9.17, 15) is 0 Å². The molecule has 1 atom stereocenters. The van der Waals surface area contributed by atoms with Gasteiger partial charge in [-0.15, -0.1) is 0 Å². The van der Waals surface area contributed by atoms with Crippen molar-refractivity contribution in [2.45, 2.75) is 116 Å². The first-order chi connectivity index (χ1) is 10.3. The SMILES string of the molecule is CCCCCCCCCCCCCCCCNC(N)CC. The van der Waals surface area contributed by atoms with E-state index in [1.54, 1.807) is 0 Å². The predicted octanol–water partition coefficient (Wildman–Crippen LogP) is 5.75. The van der Waals surface area contributed by atoms with Gasteiger partial charge < -0.3 is 11.1 Å². The minimum absolute atomic E-state index is 0.201. The van der Waals surface area contributed by atoms with Crippen molar-refractivity contribution >= 4 is 0 Å². The highest BCUT2D eigenvalue weighted by molar-refractivity contribution is 4.56. The third kappa shape index (κ3) is 17.9. The van der Waals surface area contributed by atoms with E-state index in [0.29, 0.717) is 0 Å². The molecule has 0 aliphatic heterocycles. The fourth-order valence-corrected chi connectivity index (χ4v) is 2.75. The Bertz CT molecular complexity index is 182. The smallest absolute Gasteiger partial charge is 0.0543 e. The number of nitrogens with two attached hydrogens (primary N) is 1. The molecule has 2 heteroatoms. The molecule has 0 saturated heterocycles. The highest BCUT2D eigenvalue weighted by atomic mass is 15.0.